The van der Waals surface area contributed by atoms with E-state index in [0.29, 0.717) is 5.92 Å². The monoisotopic (exact) mass is 223 g/mol. The number of aryl methyl sites for hydroxylation is 1. The van der Waals surface area contributed by atoms with Crippen molar-refractivity contribution in [3.05, 3.63) is 11.8 Å². The number of hydrogen-bond donors (Lipinski definition) is 1. The van der Waals surface area contributed by atoms with Gasteiger partial charge in [0, 0.05) is 24.8 Å². The van der Waals surface area contributed by atoms with Crippen molar-refractivity contribution in [3.63, 3.8) is 0 Å². The van der Waals surface area contributed by atoms with Gasteiger partial charge < -0.3 is 5.32 Å². The van der Waals surface area contributed by atoms with Gasteiger partial charge in [0.1, 0.15) is 5.82 Å². The van der Waals surface area contributed by atoms with Crippen molar-refractivity contribution >= 4 is 5.82 Å². The molecule has 0 aromatic carbocycles. The molecule has 3 heteroatoms. The minimum atomic E-state index is 0.645. The maximum Gasteiger partial charge on any atom is 0.148 e. The third kappa shape index (κ3) is 4.25. The molecule has 0 aliphatic heterocycles. The van der Waals surface area contributed by atoms with E-state index in [1.165, 1.54) is 25.0 Å². The maximum atomic E-state index is 4.55. The van der Waals surface area contributed by atoms with Crippen molar-refractivity contribution in [2.75, 3.05) is 11.9 Å². The van der Waals surface area contributed by atoms with Gasteiger partial charge in [-0.1, -0.05) is 33.6 Å². The van der Waals surface area contributed by atoms with Crippen LogP contribution < -0.4 is 5.32 Å². The summed E-state index contributed by atoms with van der Waals surface area (Å²) in [7, 11) is 0. The van der Waals surface area contributed by atoms with Gasteiger partial charge in [0.2, 0.25) is 0 Å². The predicted molar refractivity (Wildman–Crippen MR) is 69.8 cm³/mol. The Balaban J connectivity index is 2.42. The van der Waals surface area contributed by atoms with Crippen LogP contribution in [0.3, 0.4) is 0 Å². The molecule has 0 radical (unpaired) electrons. The Kier molecular flexibility index (Phi) is 5.36. The van der Waals surface area contributed by atoms with Gasteiger partial charge in [0.05, 0.1) is 0 Å². The first-order valence-electron chi connectivity index (χ1n) is 6.41. The summed E-state index contributed by atoms with van der Waals surface area (Å²) in [5, 5.41) is 7.94. The largest absolute Gasteiger partial charge is 0.369 e. The molecule has 92 valence electrons. The molecule has 0 amide bonds. The van der Waals surface area contributed by atoms with Crippen molar-refractivity contribution in [1.82, 2.24) is 9.78 Å². The van der Waals surface area contributed by atoms with Crippen LogP contribution in [0.4, 0.5) is 5.82 Å². The normalized spacial score (nSPS) is 11.1. The highest BCUT2D eigenvalue weighted by atomic mass is 15.3. The van der Waals surface area contributed by atoms with E-state index in [-0.39, 0.29) is 0 Å². The minimum Gasteiger partial charge on any atom is -0.369 e. The molecule has 1 rings (SSSR count). The zero-order valence-electron chi connectivity index (χ0n) is 11.1. The summed E-state index contributed by atoms with van der Waals surface area (Å²) < 4.78 is 2.09. The van der Waals surface area contributed by atoms with E-state index in [9.17, 15) is 0 Å². The minimum absolute atomic E-state index is 0.645. The number of unbranched alkanes of at least 4 members (excludes halogenated alkanes) is 2. The molecule has 0 atom stereocenters. The van der Waals surface area contributed by atoms with Gasteiger partial charge in [0.25, 0.3) is 0 Å². The van der Waals surface area contributed by atoms with Gasteiger partial charge in [-0.2, -0.15) is 5.10 Å². The van der Waals surface area contributed by atoms with Crippen LogP contribution in [-0.2, 0) is 6.54 Å². The van der Waals surface area contributed by atoms with E-state index in [2.05, 4.69) is 48.9 Å². The summed E-state index contributed by atoms with van der Waals surface area (Å²) in [6, 6.07) is 2.13. The quantitative estimate of drug-likeness (QED) is 0.717. The lowest BCUT2D eigenvalue weighted by Gasteiger charge is -2.06. The molecule has 0 bridgehead atoms. The lowest BCUT2D eigenvalue weighted by molar-refractivity contribution is 0.475. The van der Waals surface area contributed by atoms with Crippen LogP contribution in [0.2, 0.25) is 0 Å². The fourth-order valence-corrected chi connectivity index (χ4v) is 1.72. The third-order valence-electron chi connectivity index (χ3n) is 2.61. The number of rotatable bonds is 7. The molecule has 1 N–H and O–H groups in total. The van der Waals surface area contributed by atoms with E-state index in [0.717, 1.165) is 18.9 Å². The van der Waals surface area contributed by atoms with Crippen molar-refractivity contribution in [1.29, 1.82) is 0 Å². The van der Waals surface area contributed by atoms with Crippen LogP contribution in [0, 0.1) is 12.8 Å². The Morgan fingerprint density at radius 3 is 2.75 bits per heavy atom. The van der Waals surface area contributed by atoms with Crippen LogP contribution in [0.1, 0.15) is 45.7 Å². The summed E-state index contributed by atoms with van der Waals surface area (Å²) in [6.07, 6.45) is 3.79. The topological polar surface area (TPSA) is 29.9 Å². The summed E-state index contributed by atoms with van der Waals surface area (Å²) in [6.45, 7) is 10.8. The van der Waals surface area contributed by atoms with Crippen molar-refractivity contribution < 1.29 is 0 Å². The molecule has 0 spiro atoms. The molecule has 1 aromatic rings. The molecule has 0 saturated heterocycles. The van der Waals surface area contributed by atoms with Crippen LogP contribution in [0.15, 0.2) is 6.07 Å². The van der Waals surface area contributed by atoms with Gasteiger partial charge in [0.15, 0.2) is 0 Å². The van der Waals surface area contributed by atoms with Crippen molar-refractivity contribution in [3.8, 4) is 0 Å². The van der Waals surface area contributed by atoms with E-state index < -0.39 is 0 Å². The molecule has 1 aromatic heterocycles. The second-order valence-electron chi connectivity index (χ2n) is 4.88. The molecule has 0 fully saturated rings. The Morgan fingerprint density at radius 1 is 1.38 bits per heavy atom. The molecular weight excluding hydrogens is 198 g/mol. The fraction of sp³-hybridized carbons (Fsp3) is 0.769. The Labute approximate surface area is 99.2 Å². The summed E-state index contributed by atoms with van der Waals surface area (Å²) in [5.74, 6) is 1.67. The first kappa shape index (κ1) is 13.1. The second kappa shape index (κ2) is 6.56. The van der Waals surface area contributed by atoms with Gasteiger partial charge in [-0.05, 0) is 19.3 Å². The van der Waals surface area contributed by atoms with Gasteiger partial charge in [-0.25, -0.2) is 0 Å². The molecular formula is C13H25N3. The van der Waals surface area contributed by atoms with Crippen LogP contribution in [0.25, 0.3) is 0 Å². The standard InChI is InChI=1S/C13H25N3/c1-5-6-7-8-14-13-9-12(4)16(15-13)10-11(2)3/h9,11H,5-8,10H2,1-4H3,(H,14,15). The number of hydrogen-bond acceptors (Lipinski definition) is 2. The fourth-order valence-electron chi connectivity index (χ4n) is 1.72. The summed E-state index contributed by atoms with van der Waals surface area (Å²) in [4.78, 5) is 0. The second-order valence-corrected chi connectivity index (χ2v) is 4.88. The van der Waals surface area contributed by atoms with Gasteiger partial charge in [-0.3, -0.25) is 4.68 Å². The Morgan fingerprint density at radius 2 is 2.12 bits per heavy atom. The molecule has 0 aliphatic carbocycles. The van der Waals surface area contributed by atoms with E-state index in [4.69, 9.17) is 0 Å². The maximum absolute atomic E-state index is 4.55. The number of nitrogens with zero attached hydrogens (tertiary/aromatic N) is 2. The predicted octanol–water partition coefficient (Wildman–Crippen LogP) is 3.45. The average Bonchev–Trinajstić information content (AvgIpc) is 2.54. The molecule has 0 unspecified atom stereocenters. The Bertz CT molecular complexity index is 302. The summed E-state index contributed by atoms with van der Waals surface area (Å²) in [5.41, 5.74) is 1.24. The number of aromatic nitrogens is 2. The molecule has 16 heavy (non-hydrogen) atoms. The summed E-state index contributed by atoms with van der Waals surface area (Å²) >= 11 is 0. The van der Waals surface area contributed by atoms with E-state index in [1.807, 2.05) is 0 Å². The number of nitrogens with one attached hydrogen (secondary N) is 1. The number of anilines is 1. The third-order valence-corrected chi connectivity index (χ3v) is 2.61. The van der Waals surface area contributed by atoms with E-state index in [1.54, 1.807) is 0 Å². The SMILES string of the molecule is CCCCCNc1cc(C)n(CC(C)C)n1. The molecule has 3 nitrogen and oxygen atoms in total. The van der Waals surface area contributed by atoms with Crippen LogP contribution in [-0.4, -0.2) is 16.3 Å². The first-order valence-corrected chi connectivity index (χ1v) is 6.41. The highest BCUT2D eigenvalue weighted by molar-refractivity contribution is 5.35. The highest BCUT2D eigenvalue weighted by Gasteiger charge is 2.04. The average molecular weight is 223 g/mol. The van der Waals surface area contributed by atoms with Gasteiger partial charge >= 0.3 is 0 Å². The zero-order valence-corrected chi connectivity index (χ0v) is 11.1. The van der Waals surface area contributed by atoms with Crippen LogP contribution >= 0.6 is 0 Å². The molecule has 0 saturated carbocycles. The smallest absolute Gasteiger partial charge is 0.148 e. The molecule has 1 heterocycles. The van der Waals surface area contributed by atoms with Crippen molar-refractivity contribution in [2.24, 2.45) is 5.92 Å². The first-order chi connectivity index (χ1) is 7.63. The van der Waals surface area contributed by atoms with E-state index >= 15 is 0 Å². The lowest BCUT2D eigenvalue weighted by atomic mass is 10.2. The molecule has 0 aliphatic rings. The van der Waals surface area contributed by atoms with Gasteiger partial charge in [-0.15, -0.1) is 0 Å². The zero-order chi connectivity index (χ0) is 12.0. The van der Waals surface area contributed by atoms with Crippen molar-refractivity contribution in [2.45, 2.75) is 53.5 Å². The Hall–Kier alpha value is -0.990. The van der Waals surface area contributed by atoms with Crippen LogP contribution in [0.5, 0.6) is 0 Å². The highest BCUT2D eigenvalue weighted by Crippen LogP contribution is 2.10. The lowest BCUT2D eigenvalue weighted by Crippen LogP contribution is -2.08.